The van der Waals surface area contributed by atoms with E-state index in [1.807, 2.05) is 36.1 Å². The van der Waals surface area contributed by atoms with Gasteiger partial charge in [0.1, 0.15) is 5.82 Å². The Kier molecular flexibility index (Phi) is 7.64. The summed E-state index contributed by atoms with van der Waals surface area (Å²) in [5.41, 5.74) is 2.50. The van der Waals surface area contributed by atoms with Crippen LogP contribution in [0.2, 0.25) is 0 Å². The summed E-state index contributed by atoms with van der Waals surface area (Å²) in [5, 5.41) is 6.84. The maximum Gasteiger partial charge on any atom is 0.251 e. The average Bonchev–Trinajstić information content (AvgIpc) is 3.31. The topological polar surface area (TPSA) is 91.6 Å². The summed E-state index contributed by atoms with van der Waals surface area (Å²) >= 11 is 0. The molecule has 0 bridgehead atoms. The highest BCUT2D eigenvalue weighted by Crippen LogP contribution is 2.17. The van der Waals surface area contributed by atoms with E-state index >= 15 is 0 Å². The molecule has 1 saturated heterocycles. The molecule has 178 valence electrons. The molecule has 1 aromatic heterocycles. The molecule has 0 spiro atoms. The van der Waals surface area contributed by atoms with Crippen LogP contribution in [0.25, 0.3) is 11.4 Å². The third-order valence-electron chi connectivity index (χ3n) is 5.82. The molecule has 1 N–H and O–H groups in total. The van der Waals surface area contributed by atoms with Crippen LogP contribution in [0.4, 0.5) is 4.39 Å². The highest BCUT2D eigenvalue weighted by molar-refractivity contribution is 5.94. The first-order valence-corrected chi connectivity index (χ1v) is 11.4. The lowest BCUT2D eigenvalue weighted by atomic mass is 10.1. The first kappa shape index (κ1) is 23.6. The number of aromatic nitrogens is 2. The number of carbonyl (C=O) groups excluding carboxylic acids is 2. The summed E-state index contributed by atoms with van der Waals surface area (Å²) in [7, 11) is 0. The van der Waals surface area contributed by atoms with E-state index in [9.17, 15) is 14.0 Å². The number of amides is 2. The van der Waals surface area contributed by atoms with Crippen molar-refractivity contribution in [1.82, 2.24) is 25.3 Å². The Bertz CT molecular complexity index is 1110. The van der Waals surface area contributed by atoms with Gasteiger partial charge in [0.25, 0.3) is 5.91 Å². The van der Waals surface area contributed by atoms with E-state index < -0.39 is 0 Å². The third kappa shape index (κ3) is 6.26. The number of hydrogen-bond donors (Lipinski definition) is 1. The minimum Gasteiger partial charge on any atom is -0.352 e. The lowest BCUT2D eigenvalue weighted by Gasteiger charge is -2.34. The monoisotopic (exact) mass is 465 g/mol. The molecule has 0 unspecified atom stereocenters. The minimum absolute atomic E-state index is 0.0788. The number of aryl methyl sites for hydroxylation is 1. The molecule has 0 atom stereocenters. The Morgan fingerprint density at radius 2 is 1.74 bits per heavy atom. The van der Waals surface area contributed by atoms with Crippen molar-refractivity contribution in [3.63, 3.8) is 0 Å². The Labute approximate surface area is 197 Å². The average molecular weight is 466 g/mol. The molecule has 1 fully saturated rings. The van der Waals surface area contributed by atoms with Crippen molar-refractivity contribution in [2.75, 3.05) is 32.7 Å². The van der Waals surface area contributed by atoms with E-state index in [-0.39, 0.29) is 17.6 Å². The normalized spacial score (nSPS) is 14.2. The molecule has 0 radical (unpaired) electrons. The van der Waals surface area contributed by atoms with Crippen molar-refractivity contribution in [3.8, 4) is 11.4 Å². The Morgan fingerprint density at radius 1 is 1.03 bits per heavy atom. The fourth-order valence-corrected chi connectivity index (χ4v) is 3.79. The molecule has 1 aliphatic heterocycles. The van der Waals surface area contributed by atoms with Crippen LogP contribution in [0.15, 0.2) is 53.1 Å². The van der Waals surface area contributed by atoms with Gasteiger partial charge in [-0.1, -0.05) is 35.0 Å². The molecule has 2 amide bonds. The summed E-state index contributed by atoms with van der Waals surface area (Å²) in [6.45, 7) is 5.71. The van der Waals surface area contributed by atoms with E-state index in [1.54, 1.807) is 0 Å². The van der Waals surface area contributed by atoms with Crippen LogP contribution in [0, 0.1) is 12.7 Å². The van der Waals surface area contributed by atoms with Gasteiger partial charge in [0.2, 0.25) is 17.6 Å². The van der Waals surface area contributed by atoms with Gasteiger partial charge >= 0.3 is 0 Å². The summed E-state index contributed by atoms with van der Waals surface area (Å²) in [5.74, 6) is 0.566. The SMILES string of the molecule is Cc1ccc(-c2noc(CN3CCN(C(=O)CCCNC(=O)c4ccc(F)cc4)CC3)n2)cc1. The molecular weight excluding hydrogens is 437 g/mol. The van der Waals surface area contributed by atoms with Crippen molar-refractivity contribution in [1.29, 1.82) is 0 Å². The van der Waals surface area contributed by atoms with Crippen LogP contribution in [-0.2, 0) is 11.3 Å². The van der Waals surface area contributed by atoms with Crippen molar-refractivity contribution >= 4 is 11.8 Å². The summed E-state index contributed by atoms with van der Waals surface area (Å²) in [4.78, 5) is 33.1. The Hall–Kier alpha value is -3.59. The zero-order chi connectivity index (χ0) is 23.9. The number of nitrogens with one attached hydrogen (secondary N) is 1. The molecule has 0 aliphatic carbocycles. The van der Waals surface area contributed by atoms with E-state index in [4.69, 9.17) is 4.52 Å². The molecule has 4 rings (SSSR count). The zero-order valence-electron chi connectivity index (χ0n) is 19.2. The summed E-state index contributed by atoms with van der Waals surface area (Å²) in [6.07, 6.45) is 0.920. The number of carbonyl (C=O) groups is 2. The first-order valence-electron chi connectivity index (χ1n) is 11.4. The van der Waals surface area contributed by atoms with Crippen molar-refractivity contribution in [3.05, 3.63) is 71.4 Å². The maximum atomic E-state index is 12.9. The third-order valence-corrected chi connectivity index (χ3v) is 5.82. The van der Waals surface area contributed by atoms with Crippen molar-refractivity contribution in [2.24, 2.45) is 0 Å². The van der Waals surface area contributed by atoms with E-state index in [0.29, 0.717) is 56.3 Å². The molecule has 2 heterocycles. The Morgan fingerprint density at radius 3 is 2.44 bits per heavy atom. The number of nitrogens with zero attached hydrogens (tertiary/aromatic N) is 4. The highest BCUT2D eigenvalue weighted by atomic mass is 19.1. The molecule has 9 heteroatoms. The van der Waals surface area contributed by atoms with Crippen molar-refractivity contribution < 1.29 is 18.5 Å². The molecule has 34 heavy (non-hydrogen) atoms. The van der Waals surface area contributed by atoms with Gasteiger partial charge in [-0.2, -0.15) is 4.98 Å². The Balaban J connectivity index is 1.15. The maximum absolute atomic E-state index is 12.9. The number of benzene rings is 2. The predicted molar refractivity (Wildman–Crippen MR) is 124 cm³/mol. The first-order chi connectivity index (χ1) is 16.5. The fourth-order valence-electron chi connectivity index (χ4n) is 3.79. The second-order valence-electron chi connectivity index (χ2n) is 8.40. The highest BCUT2D eigenvalue weighted by Gasteiger charge is 2.22. The van der Waals surface area contributed by atoms with Gasteiger partial charge in [-0.15, -0.1) is 0 Å². The molecule has 2 aromatic carbocycles. The van der Waals surface area contributed by atoms with Gasteiger partial charge in [-0.05, 0) is 37.6 Å². The zero-order valence-corrected chi connectivity index (χ0v) is 19.2. The smallest absolute Gasteiger partial charge is 0.251 e. The second-order valence-corrected chi connectivity index (χ2v) is 8.40. The van der Waals surface area contributed by atoms with E-state index in [1.165, 1.54) is 29.8 Å². The largest absolute Gasteiger partial charge is 0.352 e. The predicted octanol–water partition coefficient (Wildman–Crippen LogP) is 3.04. The molecular formula is C25H28FN5O3. The summed E-state index contributed by atoms with van der Waals surface area (Å²) < 4.78 is 18.4. The number of hydrogen-bond acceptors (Lipinski definition) is 6. The van der Waals surface area contributed by atoms with E-state index in [0.717, 1.165) is 18.7 Å². The second kappa shape index (κ2) is 11.0. The van der Waals surface area contributed by atoms with Crippen LogP contribution >= 0.6 is 0 Å². The number of rotatable bonds is 8. The van der Waals surface area contributed by atoms with Gasteiger partial charge in [-0.25, -0.2) is 4.39 Å². The van der Waals surface area contributed by atoms with Gasteiger partial charge < -0.3 is 14.7 Å². The van der Waals surface area contributed by atoms with Crippen LogP contribution in [0.1, 0.15) is 34.7 Å². The molecule has 8 nitrogen and oxygen atoms in total. The number of halogens is 1. The molecule has 3 aromatic rings. The standard InChI is InChI=1S/C25H28FN5O3/c1-18-4-6-19(7-5-18)24-28-22(34-29-24)17-30-13-15-31(16-14-30)23(32)3-2-12-27-25(33)20-8-10-21(26)11-9-20/h4-11H,2-3,12-17H2,1H3,(H,27,33). The van der Waals surface area contributed by atoms with Gasteiger partial charge in [0, 0.05) is 50.3 Å². The van der Waals surface area contributed by atoms with Gasteiger partial charge in [0.15, 0.2) is 0 Å². The fraction of sp³-hybridized carbons (Fsp3) is 0.360. The number of piperazine rings is 1. The van der Waals surface area contributed by atoms with E-state index in [2.05, 4.69) is 20.4 Å². The minimum atomic E-state index is -0.383. The lowest BCUT2D eigenvalue weighted by Crippen LogP contribution is -2.48. The summed E-state index contributed by atoms with van der Waals surface area (Å²) in [6, 6.07) is 13.4. The van der Waals surface area contributed by atoms with Crippen LogP contribution in [0.5, 0.6) is 0 Å². The van der Waals surface area contributed by atoms with Crippen molar-refractivity contribution in [2.45, 2.75) is 26.3 Å². The molecule has 1 aliphatic rings. The van der Waals surface area contributed by atoms with Crippen LogP contribution in [-0.4, -0.2) is 64.5 Å². The van der Waals surface area contributed by atoms with Crippen LogP contribution in [0.3, 0.4) is 0 Å². The lowest BCUT2D eigenvalue weighted by molar-refractivity contribution is -0.133. The van der Waals surface area contributed by atoms with Gasteiger partial charge in [0.05, 0.1) is 6.54 Å². The molecule has 0 saturated carbocycles. The van der Waals surface area contributed by atoms with Crippen LogP contribution < -0.4 is 5.32 Å². The van der Waals surface area contributed by atoms with Gasteiger partial charge in [-0.3, -0.25) is 14.5 Å². The quantitative estimate of drug-likeness (QED) is 0.514.